The molecule has 0 saturated carbocycles. The van der Waals surface area contributed by atoms with Gasteiger partial charge in [0.15, 0.2) is 0 Å². The van der Waals surface area contributed by atoms with E-state index >= 15 is 0 Å². The molecule has 1 aromatic rings. The maximum atomic E-state index is 4.87. The van der Waals surface area contributed by atoms with Gasteiger partial charge in [-0.1, -0.05) is 6.92 Å². The number of nitrogens with zero attached hydrogens (tertiary/aromatic N) is 2. The lowest BCUT2D eigenvalue weighted by atomic mass is 10.0. The average Bonchev–Trinajstić information content (AvgIpc) is 2.75. The largest absolute Gasteiger partial charge is 0.351 e. The van der Waals surface area contributed by atoms with Crippen molar-refractivity contribution in [2.75, 3.05) is 11.4 Å². The Morgan fingerprint density at radius 2 is 2.00 bits per heavy atom. The van der Waals surface area contributed by atoms with Crippen LogP contribution in [0.5, 0.6) is 0 Å². The van der Waals surface area contributed by atoms with Gasteiger partial charge in [-0.15, -0.1) is 0 Å². The molecule has 0 aliphatic carbocycles. The van der Waals surface area contributed by atoms with Gasteiger partial charge in [-0.05, 0) is 71.6 Å². The van der Waals surface area contributed by atoms with E-state index in [1.807, 2.05) is 0 Å². The third kappa shape index (κ3) is 4.19. The molecule has 0 spiro atoms. The first-order chi connectivity index (χ1) is 9.71. The van der Waals surface area contributed by atoms with E-state index in [9.17, 15) is 0 Å². The fourth-order valence-electron chi connectivity index (χ4n) is 2.95. The predicted molar refractivity (Wildman–Crippen MR) is 90.9 cm³/mol. The minimum Gasteiger partial charge on any atom is -0.351 e. The second-order valence-electron chi connectivity index (χ2n) is 7.85. The van der Waals surface area contributed by atoms with Gasteiger partial charge in [0.25, 0.3) is 0 Å². The van der Waals surface area contributed by atoms with Crippen LogP contribution in [0.2, 0.25) is 0 Å². The third-order valence-corrected chi connectivity index (χ3v) is 4.29. The molecule has 1 N–H and O–H groups in total. The van der Waals surface area contributed by atoms with Crippen LogP contribution in [-0.4, -0.2) is 22.6 Å². The monoisotopic (exact) mass is 289 g/mol. The Morgan fingerprint density at radius 1 is 1.29 bits per heavy atom. The van der Waals surface area contributed by atoms with Crippen LogP contribution in [-0.2, 0) is 13.0 Å². The van der Waals surface area contributed by atoms with Crippen LogP contribution >= 0.6 is 0 Å². The zero-order chi connectivity index (χ0) is 15.7. The van der Waals surface area contributed by atoms with Crippen molar-refractivity contribution in [2.24, 2.45) is 0 Å². The summed E-state index contributed by atoms with van der Waals surface area (Å²) in [5.74, 6) is 1.16. The molecule has 21 heavy (non-hydrogen) atoms. The lowest BCUT2D eigenvalue weighted by molar-refractivity contribution is 0.424. The zero-order valence-corrected chi connectivity index (χ0v) is 14.6. The molecule has 0 atom stereocenters. The summed E-state index contributed by atoms with van der Waals surface area (Å²) in [5.41, 5.74) is 2.91. The molecule has 1 fully saturated rings. The summed E-state index contributed by atoms with van der Waals surface area (Å²) in [6.07, 6.45) is 3.51. The van der Waals surface area contributed by atoms with Crippen LogP contribution in [0.25, 0.3) is 0 Å². The molecule has 0 amide bonds. The number of hydrogen-bond donors (Lipinski definition) is 1. The molecule has 1 aliphatic rings. The molecule has 2 heterocycles. The molecule has 1 aliphatic heterocycles. The summed E-state index contributed by atoms with van der Waals surface area (Å²) in [6.45, 7) is 15.5. The van der Waals surface area contributed by atoms with Crippen molar-refractivity contribution in [2.45, 2.75) is 78.4 Å². The summed E-state index contributed by atoms with van der Waals surface area (Å²) in [6, 6.07) is 4.51. The zero-order valence-electron chi connectivity index (χ0n) is 14.6. The van der Waals surface area contributed by atoms with E-state index in [-0.39, 0.29) is 11.1 Å². The summed E-state index contributed by atoms with van der Waals surface area (Å²) >= 11 is 0. The fraction of sp³-hybridized carbons (Fsp3) is 0.722. The predicted octanol–water partition coefficient (Wildman–Crippen LogP) is 3.91. The van der Waals surface area contributed by atoms with E-state index in [2.05, 4.69) is 63.9 Å². The molecule has 1 aromatic heterocycles. The number of hydrogen-bond acceptors (Lipinski definition) is 3. The Bertz CT molecular complexity index is 486. The van der Waals surface area contributed by atoms with Crippen molar-refractivity contribution in [1.82, 2.24) is 10.3 Å². The Morgan fingerprint density at radius 3 is 2.52 bits per heavy atom. The normalized spacial score (nSPS) is 18.3. The van der Waals surface area contributed by atoms with Crippen LogP contribution in [0.4, 0.5) is 5.82 Å². The molecule has 1 saturated heterocycles. The number of aryl methyl sites for hydroxylation is 1. The van der Waals surface area contributed by atoms with Gasteiger partial charge < -0.3 is 10.2 Å². The highest BCUT2D eigenvalue weighted by atomic mass is 15.3. The van der Waals surface area contributed by atoms with Crippen molar-refractivity contribution in [3.05, 3.63) is 23.4 Å². The van der Waals surface area contributed by atoms with E-state index < -0.39 is 0 Å². The van der Waals surface area contributed by atoms with E-state index in [0.717, 1.165) is 25.3 Å². The Hall–Kier alpha value is -1.09. The van der Waals surface area contributed by atoms with Crippen LogP contribution in [0.3, 0.4) is 0 Å². The maximum Gasteiger partial charge on any atom is 0.129 e. The van der Waals surface area contributed by atoms with Gasteiger partial charge in [0, 0.05) is 29.9 Å². The highest BCUT2D eigenvalue weighted by molar-refractivity contribution is 5.46. The van der Waals surface area contributed by atoms with E-state index in [1.165, 1.54) is 24.1 Å². The van der Waals surface area contributed by atoms with Crippen molar-refractivity contribution < 1.29 is 0 Å². The number of aromatic nitrogens is 1. The van der Waals surface area contributed by atoms with Gasteiger partial charge in [0.1, 0.15) is 5.82 Å². The molecule has 2 rings (SSSR count). The molecular formula is C18H31N3. The van der Waals surface area contributed by atoms with Crippen LogP contribution in [0.1, 0.15) is 65.6 Å². The van der Waals surface area contributed by atoms with Gasteiger partial charge in [0.05, 0.1) is 0 Å². The molecule has 0 unspecified atom stereocenters. The second-order valence-corrected chi connectivity index (χ2v) is 7.85. The SMILES string of the molecule is CCc1cc(CNC(C)(C)C)cc(N2CCCC2(C)C)n1. The lowest BCUT2D eigenvalue weighted by Crippen LogP contribution is -2.39. The Labute approximate surface area is 130 Å². The highest BCUT2D eigenvalue weighted by Crippen LogP contribution is 2.33. The minimum absolute atomic E-state index is 0.142. The average molecular weight is 289 g/mol. The third-order valence-electron chi connectivity index (χ3n) is 4.29. The second kappa shape index (κ2) is 5.96. The minimum atomic E-state index is 0.142. The van der Waals surface area contributed by atoms with E-state index in [1.54, 1.807) is 0 Å². The summed E-state index contributed by atoms with van der Waals surface area (Å²) in [5, 5.41) is 3.58. The van der Waals surface area contributed by atoms with E-state index in [4.69, 9.17) is 4.98 Å². The first kappa shape index (κ1) is 16.3. The number of anilines is 1. The molecule has 118 valence electrons. The standard InChI is InChI=1S/C18H31N3/c1-7-15-11-14(13-19-17(2,3)4)12-16(20-15)21-10-8-9-18(21,5)6/h11-12,19H,7-10,13H2,1-6H3. The number of rotatable bonds is 4. The smallest absolute Gasteiger partial charge is 0.129 e. The van der Waals surface area contributed by atoms with Gasteiger partial charge in [-0.3, -0.25) is 0 Å². The van der Waals surface area contributed by atoms with Crippen molar-refractivity contribution in [1.29, 1.82) is 0 Å². The van der Waals surface area contributed by atoms with Gasteiger partial charge in [0.2, 0.25) is 0 Å². The lowest BCUT2D eigenvalue weighted by Gasteiger charge is -2.33. The first-order valence-electron chi connectivity index (χ1n) is 8.24. The summed E-state index contributed by atoms with van der Waals surface area (Å²) in [7, 11) is 0. The van der Waals surface area contributed by atoms with Crippen LogP contribution in [0.15, 0.2) is 12.1 Å². The quantitative estimate of drug-likeness (QED) is 0.911. The van der Waals surface area contributed by atoms with Crippen molar-refractivity contribution in [3.63, 3.8) is 0 Å². The molecule has 3 heteroatoms. The topological polar surface area (TPSA) is 28.2 Å². The molecule has 3 nitrogen and oxygen atoms in total. The van der Waals surface area contributed by atoms with Crippen molar-refractivity contribution >= 4 is 5.82 Å². The van der Waals surface area contributed by atoms with Gasteiger partial charge in [-0.2, -0.15) is 0 Å². The number of pyridine rings is 1. The van der Waals surface area contributed by atoms with Crippen LogP contribution in [0, 0.1) is 0 Å². The fourth-order valence-corrected chi connectivity index (χ4v) is 2.95. The number of nitrogens with one attached hydrogen (secondary N) is 1. The van der Waals surface area contributed by atoms with E-state index in [0.29, 0.717) is 0 Å². The Kier molecular flexibility index (Phi) is 4.62. The Balaban J connectivity index is 2.25. The summed E-state index contributed by atoms with van der Waals surface area (Å²) < 4.78 is 0. The van der Waals surface area contributed by atoms with Gasteiger partial charge in [-0.25, -0.2) is 4.98 Å². The van der Waals surface area contributed by atoms with Crippen LogP contribution < -0.4 is 10.2 Å². The molecule has 0 radical (unpaired) electrons. The molecular weight excluding hydrogens is 258 g/mol. The molecule has 0 aromatic carbocycles. The summed E-state index contributed by atoms with van der Waals surface area (Å²) in [4.78, 5) is 7.35. The first-order valence-corrected chi connectivity index (χ1v) is 8.24. The molecule has 0 bridgehead atoms. The maximum absolute atomic E-state index is 4.87. The highest BCUT2D eigenvalue weighted by Gasteiger charge is 2.33. The van der Waals surface area contributed by atoms with Crippen molar-refractivity contribution in [3.8, 4) is 0 Å². The van der Waals surface area contributed by atoms with Gasteiger partial charge >= 0.3 is 0 Å².